The van der Waals surface area contributed by atoms with Crippen LogP contribution in [0.1, 0.15) is 19.8 Å². The standard InChI is InChI=1S/C16H25N3O4S2.ClH/c1-12-10-13(6-7-18-12)19-16(20)11-24-9-8-23-14-2-4-15(5-3-14)25(17,21)22;/h2-5,12-13,18H,6-11H2,1H3,(H,19,20)(H2,17,21,22);1H. The van der Waals surface area contributed by atoms with Gasteiger partial charge in [-0.3, -0.25) is 4.79 Å². The number of halogens is 1. The summed E-state index contributed by atoms with van der Waals surface area (Å²) < 4.78 is 27.8. The molecule has 1 saturated heterocycles. The van der Waals surface area contributed by atoms with Crippen LogP contribution in [0.15, 0.2) is 29.2 Å². The number of sulfonamides is 1. The first-order valence-electron chi connectivity index (χ1n) is 8.21. The molecule has 0 saturated carbocycles. The lowest BCUT2D eigenvalue weighted by atomic mass is 10.0. The third-order valence-corrected chi connectivity index (χ3v) is 5.72. The van der Waals surface area contributed by atoms with Crippen molar-refractivity contribution in [1.82, 2.24) is 10.6 Å². The van der Waals surface area contributed by atoms with Crippen LogP contribution in [-0.4, -0.2) is 51.1 Å². The molecular formula is C16H26ClN3O4S2. The predicted octanol–water partition coefficient (Wildman–Crippen LogP) is 1.12. The minimum Gasteiger partial charge on any atom is -0.493 e. The van der Waals surface area contributed by atoms with Gasteiger partial charge >= 0.3 is 0 Å². The van der Waals surface area contributed by atoms with E-state index in [1.165, 1.54) is 23.9 Å². The Morgan fingerprint density at radius 3 is 2.69 bits per heavy atom. The van der Waals surface area contributed by atoms with E-state index < -0.39 is 10.0 Å². The molecule has 0 aromatic heterocycles. The highest BCUT2D eigenvalue weighted by atomic mass is 35.5. The number of nitrogens with two attached hydrogens (primary N) is 1. The molecule has 10 heteroatoms. The summed E-state index contributed by atoms with van der Waals surface area (Å²) in [5, 5.41) is 11.5. The van der Waals surface area contributed by atoms with Gasteiger partial charge in [0.2, 0.25) is 15.9 Å². The van der Waals surface area contributed by atoms with Crippen LogP contribution in [0.3, 0.4) is 0 Å². The van der Waals surface area contributed by atoms with E-state index in [9.17, 15) is 13.2 Å². The van der Waals surface area contributed by atoms with Crippen LogP contribution >= 0.6 is 24.2 Å². The molecule has 7 nitrogen and oxygen atoms in total. The molecule has 0 radical (unpaired) electrons. The highest BCUT2D eigenvalue weighted by molar-refractivity contribution is 7.99. The van der Waals surface area contributed by atoms with E-state index in [-0.39, 0.29) is 29.3 Å². The molecule has 1 aliphatic heterocycles. The fourth-order valence-corrected chi connectivity index (χ4v) is 3.77. The van der Waals surface area contributed by atoms with Crippen molar-refractivity contribution in [3.05, 3.63) is 24.3 Å². The average molecular weight is 424 g/mol. The van der Waals surface area contributed by atoms with Crippen LogP contribution in [0.4, 0.5) is 0 Å². The number of piperidine rings is 1. The van der Waals surface area contributed by atoms with Crippen LogP contribution in [0.2, 0.25) is 0 Å². The van der Waals surface area contributed by atoms with Crippen molar-refractivity contribution >= 4 is 40.1 Å². The van der Waals surface area contributed by atoms with E-state index in [1.54, 1.807) is 12.1 Å². The van der Waals surface area contributed by atoms with Gasteiger partial charge in [-0.05, 0) is 50.6 Å². The number of carbonyl (C=O) groups excluding carboxylic acids is 1. The van der Waals surface area contributed by atoms with E-state index in [0.717, 1.165) is 19.4 Å². The molecule has 4 N–H and O–H groups in total. The van der Waals surface area contributed by atoms with Crippen LogP contribution < -0.4 is 20.5 Å². The summed E-state index contributed by atoms with van der Waals surface area (Å²) in [5.74, 6) is 1.71. The van der Waals surface area contributed by atoms with Crippen molar-refractivity contribution in [1.29, 1.82) is 0 Å². The normalized spacial score (nSPS) is 20.1. The molecule has 26 heavy (non-hydrogen) atoms. The van der Waals surface area contributed by atoms with E-state index in [2.05, 4.69) is 17.6 Å². The Bertz CT molecular complexity index is 671. The summed E-state index contributed by atoms with van der Waals surface area (Å²) in [4.78, 5) is 12.0. The molecule has 1 aromatic rings. The van der Waals surface area contributed by atoms with Gasteiger partial charge in [-0.2, -0.15) is 0 Å². The third-order valence-electron chi connectivity index (χ3n) is 3.87. The van der Waals surface area contributed by atoms with Crippen molar-refractivity contribution in [3.63, 3.8) is 0 Å². The molecule has 1 heterocycles. The minimum absolute atomic E-state index is 0. The van der Waals surface area contributed by atoms with Crippen molar-refractivity contribution in [2.75, 3.05) is 24.7 Å². The second-order valence-corrected chi connectivity index (χ2v) is 8.73. The lowest BCUT2D eigenvalue weighted by Crippen LogP contribution is -2.47. The highest BCUT2D eigenvalue weighted by Crippen LogP contribution is 2.15. The predicted molar refractivity (Wildman–Crippen MR) is 107 cm³/mol. The van der Waals surface area contributed by atoms with Gasteiger partial charge in [0.1, 0.15) is 5.75 Å². The lowest BCUT2D eigenvalue weighted by Gasteiger charge is -2.28. The van der Waals surface area contributed by atoms with E-state index in [1.807, 2.05) is 0 Å². The Balaban J connectivity index is 0.00000338. The zero-order valence-electron chi connectivity index (χ0n) is 14.6. The van der Waals surface area contributed by atoms with Crippen molar-refractivity contribution < 1.29 is 17.9 Å². The number of nitrogens with one attached hydrogen (secondary N) is 2. The number of thioether (sulfide) groups is 1. The summed E-state index contributed by atoms with van der Waals surface area (Å²) in [6, 6.07) is 6.65. The number of ether oxygens (including phenoxy) is 1. The Labute approximate surface area is 165 Å². The van der Waals surface area contributed by atoms with Gasteiger partial charge in [0.25, 0.3) is 0 Å². The van der Waals surface area contributed by atoms with Gasteiger partial charge in [0.05, 0.1) is 17.3 Å². The topological polar surface area (TPSA) is 111 Å². The summed E-state index contributed by atoms with van der Waals surface area (Å²) in [5.41, 5.74) is 0. The fourth-order valence-electron chi connectivity index (χ4n) is 2.64. The quantitative estimate of drug-likeness (QED) is 0.540. The first-order valence-corrected chi connectivity index (χ1v) is 10.9. The number of hydrogen-bond donors (Lipinski definition) is 3. The van der Waals surface area contributed by atoms with Crippen LogP contribution in [0.5, 0.6) is 5.75 Å². The van der Waals surface area contributed by atoms with Crippen molar-refractivity contribution in [2.24, 2.45) is 5.14 Å². The van der Waals surface area contributed by atoms with E-state index >= 15 is 0 Å². The Kier molecular flexibility index (Phi) is 9.73. The van der Waals surface area contributed by atoms with Gasteiger partial charge in [0.15, 0.2) is 0 Å². The van der Waals surface area contributed by atoms with Crippen molar-refractivity contribution in [2.45, 2.75) is 36.7 Å². The van der Waals surface area contributed by atoms with E-state index in [0.29, 0.717) is 29.9 Å². The summed E-state index contributed by atoms with van der Waals surface area (Å²) in [7, 11) is -3.68. The molecule has 2 unspecified atom stereocenters. The Hall–Kier alpha value is -1.00. The maximum atomic E-state index is 11.9. The number of benzene rings is 1. The molecule has 1 amide bonds. The molecular weight excluding hydrogens is 398 g/mol. The van der Waals surface area contributed by atoms with Crippen LogP contribution in [0, 0.1) is 0 Å². The molecule has 2 rings (SSSR count). The number of hydrogen-bond acceptors (Lipinski definition) is 6. The molecule has 0 bridgehead atoms. The second kappa shape index (κ2) is 11.0. The smallest absolute Gasteiger partial charge is 0.238 e. The largest absolute Gasteiger partial charge is 0.493 e. The third kappa shape index (κ3) is 8.13. The zero-order valence-corrected chi connectivity index (χ0v) is 17.1. The SMILES string of the molecule is CC1CC(NC(=O)CSCCOc2ccc(S(N)(=O)=O)cc2)CCN1.Cl. The number of rotatable bonds is 8. The van der Waals surface area contributed by atoms with Gasteiger partial charge in [0, 0.05) is 17.8 Å². The maximum Gasteiger partial charge on any atom is 0.238 e. The average Bonchev–Trinajstić information content (AvgIpc) is 2.54. The maximum absolute atomic E-state index is 11.9. The van der Waals surface area contributed by atoms with Crippen LogP contribution in [0.25, 0.3) is 0 Å². The Morgan fingerprint density at radius 1 is 1.38 bits per heavy atom. The molecule has 1 aromatic carbocycles. The summed E-state index contributed by atoms with van der Waals surface area (Å²) in [6.07, 6.45) is 1.94. The summed E-state index contributed by atoms with van der Waals surface area (Å²) in [6.45, 7) is 3.51. The highest BCUT2D eigenvalue weighted by Gasteiger charge is 2.19. The van der Waals surface area contributed by atoms with Gasteiger partial charge < -0.3 is 15.4 Å². The summed E-state index contributed by atoms with van der Waals surface area (Å²) >= 11 is 1.51. The first kappa shape index (κ1) is 23.0. The zero-order chi connectivity index (χ0) is 18.3. The minimum atomic E-state index is -3.68. The van der Waals surface area contributed by atoms with Crippen molar-refractivity contribution in [3.8, 4) is 5.75 Å². The number of amides is 1. The van der Waals surface area contributed by atoms with Gasteiger partial charge in [-0.15, -0.1) is 24.2 Å². The van der Waals surface area contributed by atoms with E-state index in [4.69, 9.17) is 9.88 Å². The number of carbonyl (C=O) groups is 1. The second-order valence-electron chi connectivity index (χ2n) is 6.06. The monoisotopic (exact) mass is 423 g/mol. The van der Waals surface area contributed by atoms with Gasteiger partial charge in [-0.25, -0.2) is 13.6 Å². The molecule has 1 aliphatic rings. The fraction of sp³-hybridized carbons (Fsp3) is 0.562. The Morgan fingerprint density at radius 2 is 2.08 bits per heavy atom. The lowest BCUT2D eigenvalue weighted by molar-refractivity contribution is -0.119. The molecule has 1 fully saturated rings. The van der Waals surface area contributed by atoms with Crippen LogP contribution in [-0.2, 0) is 14.8 Å². The number of primary sulfonamides is 1. The molecule has 2 atom stereocenters. The first-order chi connectivity index (χ1) is 11.8. The molecule has 0 spiro atoms. The van der Waals surface area contributed by atoms with Gasteiger partial charge in [-0.1, -0.05) is 0 Å². The molecule has 0 aliphatic carbocycles. The molecule has 148 valence electrons.